The molecule has 3 fully saturated rings. The molecule has 0 aromatic heterocycles. The average Bonchev–Trinajstić information content (AvgIpc) is 3.08. The Morgan fingerprint density at radius 3 is 1.56 bits per heavy atom. The summed E-state index contributed by atoms with van der Waals surface area (Å²) in [6.07, 6.45) is 1.04. The lowest BCUT2D eigenvalue weighted by Gasteiger charge is -2.43. The van der Waals surface area contributed by atoms with Crippen LogP contribution in [0, 0.1) is 0 Å². The number of hydrogen-bond donors (Lipinski definition) is 0. The smallest absolute Gasteiger partial charge is 0.0936 e. The Kier molecular flexibility index (Phi) is 2.92. The molecule has 92 valence electrons. The van der Waals surface area contributed by atoms with Crippen LogP contribution in [0.15, 0.2) is 0 Å². The standard InChI is InChI=1S/C12H22N2O2/c1-9-3-14(6-12-8-16-12)10(2)4-13(9)5-11-7-15-11/h9-12H,3-8H2,1-2H3. The molecule has 4 unspecified atom stereocenters. The molecule has 0 amide bonds. The van der Waals surface area contributed by atoms with Crippen LogP contribution >= 0.6 is 0 Å². The Hall–Kier alpha value is -0.160. The molecular formula is C12H22N2O2. The zero-order valence-corrected chi connectivity index (χ0v) is 10.3. The molecule has 3 aliphatic rings. The zero-order valence-electron chi connectivity index (χ0n) is 10.3. The molecule has 4 atom stereocenters. The molecule has 4 nitrogen and oxygen atoms in total. The van der Waals surface area contributed by atoms with Gasteiger partial charge >= 0.3 is 0 Å². The van der Waals surface area contributed by atoms with Crippen LogP contribution in [-0.4, -0.2) is 73.5 Å². The fraction of sp³-hybridized carbons (Fsp3) is 1.00. The highest BCUT2D eigenvalue weighted by Gasteiger charge is 2.36. The predicted octanol–water partition coefficient (Wildman–Crippen LogP) is 0.179. The Bertz CT molecular complexity index is 227. The molecule has 0 aliphatic carbocycles. The molecule has 0 N–H and O–H groups in total. The minimum absolute atomic E-state index is 0.521. The molecule has 3 rings (SSSR count). The van der Waals surface area contributed by atoms with E-state index in [-0.39, 0.29) is 0 Å². The molecule has 0 radical (unpaired) electrons. The molecule has 16 heavy (non-hydrogen) atoms. The zero-order chi connectivity index (χ0) is 11.1. The van der Waals surface area contributed by atoms with Crippen molar-refractivity contribution in [2.45, 2.75) is 38.1 Å². The van der Waals surface area contributed by atoms with Crippen molar-refractivity contribution >= 4 is 0 Å². The maximum atomic E-state index is 5.32. The number of nitrogens with zero attached hydrogens (tertiary/aromatic N) is 2. The highest BCUT2D eigenvalue weighted by Crippen LogP contribution is 2.21. The number of ether oxygens (including phenoxy) is 2. The number of hydrogen-bond acceptors (Lipinski definition) is 4. The van der Waals surface area contributed by atoms with E-state index in [1.165, 1.54) is 13.1 Å². The molecule has 0 aromatic rings. The first-order chi connectivity index (χ1) is 7.72. The van der Waals surface area contributed by atoms with Crippen LogP contribution in [0.3, 0.4) is 0 Å². The first kappa shape index (κ1) is 11.0. The van der Waals surface area contributed by atoms with Crippen LogP contribution in [0.5, 0.6) is 0 Å². The van der Waals surface area contributed by atoms with Gasteiger partial charge in [-0.25, -0.2) is 0 Å². The van der Waals surface area contributed by atoms with Gasteiger partial charge < -0.3 is 9.47 Å². The number of rotatable bonds is 4. The van der Waals surface area contributed by atoms with E-state index in [9.17, 15) is 0 Å². The third-order valence-electron chi connectivity index (χ3n) is 3.93. The summed E-state index contributed by atoms with van der Waals surface area (Å²) in [6, 6.07) is 1.30. The Balaban J connectivity index is 1.52. The summed E-state index contributed by atoms with van der Waals surface area (Å²) in [6.45, 7) is 11.2. The van der Waals surface area contributed by atoms with Crippen molar-refractivity contribution in [1.29, 1.82) is 0 Å². The van der Waals surface area contributed by atoms with Crippen molar-refractivity contribution < 1.29 is 9.47 Å². The minimum atomic E-state index is 0.521. The minimum Gasteiger partial charge on any atom is -0.372 e. The summed E-state index contributed by atoms with van der Waals surface area (Å²) < 4.78 is 10.6. The second kappa shape index (κ2) is 4.26. The van der Waals surface area contributed by atoms with E-state index >= 15 is 0 Å². The third-order valence-corrected chi connectivity index (χ3v) is 3.93. The van der Waals surface area contributed by atoms with Crippen LogP contribution in [0.25, 0.3) is 0 Å². The normalized spacial score (nSPS) is 44.6. The maximum Gasteiger partial charge on any atom is 0.0936 e. The van der Waals surface area contributed by atoms with E-state index in [0.29, 0.717) is 24.3 Å². The Morgan fingerprint density at radius 1 is 0.875 bits per heavy atom. The average molecular weight is 226 g/mol. The SMILES string of the molecule is CC1CN(CC2CO2)C(C)CN1CC1CO1. The van der Waals surface area contributed by atoms with Gasteiger partial charge in [-0.3, -0.25) is 9.80 Å². The Morgan fingerprint density at radius 2 is 1.25 bits per heavy atom. The van der Waals surface area contributed by atoms with Crippen LogP contribution < -0.4 is 0 Å². The first-order valence-electron chi connectivity index (χ1n) is 6.43. The molecule has 0 saturated carbocycles. The maximum absolute atomic E-state index is 5.32. The van der Waals surface area contributed by atoms with Gasteiger partial charge in [0.25, 0.3) is 0 Å². The van der Waals surface area contributed by atoms with Gasteiger partial charge in [-0.1, -0.05) is 0 Å². The van der Waals surface area contributed by atoms with Gasteiger partial charge in [0.2, 0.25) is 0 Å². The Labute approximate surface area is 97.5 Å². The lowest BCUT2D eigenvalue weighted by Crippen LogP contribution is -2.57. The lowest BCUT2D eigenvalue weighted by molar-refractivity contribution is 0.0348. The van der Waals surface area contributed by atoms with E-state index in [1.54, 1.807) is 0 Å². The highest BCUT2D eigenvalue weighted by atomic mass is 16.6. The van der Waals surface area contributed by atoms with Crippen molar-refractivity contribution in [2.24, 2.45) is 0 Å². The van der Waals surface area contributed by atoms with Crippen LogP contribution in [0.2, 0.25) is 0 Å². The van der Waals surface area contributed by atoms with Gasteiger partial charge in [0.1, 0.15) is 0 Å². The molecule has 3 aliphatic heterocycles. The van der Waals surface area contributed by atoms with Crippen LogP contribution in [0.4, 0.5) is 0 Å². The molecule has 3 heterocycles. The summed E-state index contributed by atoms with van der Waals surface area (Å²) in [5.74, 6) is 0. The largest absolute Gasteiger partial charge is 0.372 e. The van der Waals surface area contributed by atoms with E-state index in [4.69, 9.17) is 9.47 Å². The van der Waals surface area contributed by atoms with Crippen molar-refractivity contribution in [1.82, 2.24) is 9.80 Å². The van der Waals surface area contributed by atoms with Gasteiger partial charge in [0.15, 0.2) is 0 Å². The summed E-state index contributed by atoms with van der Waals surface area (Å²) in [4.78, 5) is 5.15. The fourth-order valence-corrected chi connectivity index (χ4v) is 2.65. The second-order valence-corrected chi connectivity index (χ2v) is 5.52. The molecular weight excluding hydrogens is 204 g/mol. The third kappa shape index (κ3) is 2.56. The fourth-order valence-electron chi connectivity index (χ4n) is 2.65. The number of epoxide rings is 2. The summed E-state index contributed by atoms with van der Waals surface area (Å²) >= 11 is 0. The van der Waals surface area contributed by atoms with E-state index < -0.39 is 0 Å². The number of piperazine rings is 1. The van der Waals surface area contributed by atoms with Crippen molar-refractivity contribution in [3.8, 4) is 0 Å². The van der Waals surface area contributed by atoms with E-state index in [2.05, 4.69) is 23.6 Å². The van der Waals surface area contributed by atoms with Gasteiger partial charge in [0, 0.05) is 38.3 Å². The van der Waals surface area contributed by atoms with Crippen LogP contribution in [0.1, 0.15) is 13.8 Å². The van der Waals surface area contributed by atoms with Crippen molar-refractivity contribution in [3.63, 3.8) is 0 Å². The topological polar surface area (TPSA) is 31.5 Å². The molecule has 3 saturated heterocycles. The van der Waals surface area contributed by atoms with Crippen molar-refractivity contribution in [3.05, 3.63) is 0 Å². The molecule has 0 spiro atoms. The monoisotopic (exact) mass is 226 g/mol. The molecule has 0 aromatic carbocycles. The second-order valence-electron chi connectivity index (χ2n) is 5.52. The lowest BCUT2D eigenvalue weighted by atomic mass is 10.1. The van der Waals surface area contributed by atoms with Gasteiger partial charge in [-0.05, 0) is 13.8 Å². The van der Waals surface area contributed by atoms with Gasteiger partial charge in [0.05, 0.1) is 25.4 Å². The van der Waals surface area contributed by atoms with E-state index in [1.807, 2.05) is 0 Å². The molecule has 0 bridgehead atoms. The summed E-state index contributed by atoms with van der Waals surface area (Å²) in [7, 11) is 0. The summed E-state index contributed by atoms with van der Waals surface area (Å²) in [5, 5.41) is 0. The van der Waals surface area contributed by atoms with Crippen molar-refractivity contribution in [2.75, 3.05) is 39.4 Å². The summed E-state index contributed by atoms with van der Waals surface area (Å²) in [5.41, 5.74) is 0. The van der Waals surface area contributed by atoms with E-state index in [0.717, 1.165) is 26.3 Å². The van der Waals surface area contributed by atoms with Crippen LogP contribution in [-0.2, 0) is 9.47 Å². The highest BCUT2D eigenvalue weighted by molar-refractivity contribution is 4.89. The first-order valence-corrected chi connectivity index (χ1v) is 6.43. The van der Waals surface area contributed by atoms with Gasteiger partial charge in [-0.2, -0.15) is 0 Å². The molecule has 4 heteroatoms. The predicted molar refractivity (Wildman–Crippen MR) is 61.6 cm³/mol. The van der Waals surface area contributed by atoms with Gasteiger partial charge in [-0.15, -0.1) is 0 Å². The quantitative estimate of drug-likeness (QED) is 0.640.